The maximum atomic E-state index is 11.1. The van der Waals surface area contributed by atoms with Gasteiger partial charge in [-0.15, -0.1) is 0 Å². The highest BCUT2D eigenvalue weighted by molar-refractivity contribution is 7.71. The molecule has 0 aliphatic heterocycles. The van der Waals surface area contributed by atoms with E-state index in [1.165, 1.54) is 20.1 Å². The van der Waals surface area contributed by atoms with Crippen molar-refractivity contribution < 1.29 is 19.4 Å². The fourth-order valence-electron chi connectivity index (χ4n) is 1.81. The lowest BCUT2D eigenvalue weighted by molar-refractivity contribution is -0.114. The smallest absolute Gasteiger partial charge is 0.425 e. The van der Waals surface area contributed by atoms with E-state index in [4.69, 9.17) is 12.2 Å². The fraction of sp³-hybridized carbons (Fsp3) is 0.143. The maximum absolute atomic E-state index is 11.1. The number of nitrogens with one attached hydrogen (secondary N) is 5. The number of anilines is 4. The largest absolute Gasteiger partial charge is 0.506 e. The third-order valence-corrected chi connectivity index (χ3v) is 3.00. The van der Waals surface area contributed by atoms with E-state index < -0.39 is 6.09 Å². The summed E-state index contributed by atoms with van der Waals surface area (Å²) in [5.74, 6) is 0.337. The van der Waals surface area contributed by atoms with E-state index in [0.29, 0.717) is 23.0 Å². The van der Waals surface area contributed by atoms with Crippen molar-refractivity contribution in [2.24, 2.45) is 0 Å². The number of aromatic amines is 1. The van der Waals surface area contributed by atoms with Crippen LogP contribution in [0.3, 0.4) is 0 Å². The summed E-state index contributed by atoms with van der Waals surface area (Å²) in [4.78, 5) is 28.9. The van der Waals surface area contributed by atoms with Crippen LogP contribution in [0.1, 0.15) is 6.92 Å². The quantitative estimate of drug-likeness (QED) is 0.270. The van der Waals surface area contributed by atoms with Crippen molar-refractivity contribution in [3.8, 4) is 5.75 Å². The van der Waals surface area contributed by atoms with Gasteiger partial charge in [-0.05, 0) is 24.4 Å². The zero-order valence-electron chi connectivity index (χ0n) is 13.3. The Hall–Kier alpha value is -3.34. The van der Waals surface area contributed by atoms with Gasteiger partial charge in [0.15, 0.2) is 4.77 Å². The van der Waals surface area contributed by atoms with E-state index in [1.807, 2.05) is 0 Å². The van der Waals surface area contributed by atoms with Crippen molar-refractivity contribution in [3.63, 3.8) is 0 Å². The number of methoxy groups -OCH3 is 1. The van der Waals surface area contributed by atoms with Gasteiger partial charge in [0.1, 0.15) is 17.4 Å². The number of carbonyl (C=O) groups excluding carboxylic acids is 2. The van der Waals surface area contributed by atoms with Crippen LogP contribution in [0.15, 0.2) is 24.3 Å². The van der Waals surface area contributed by atoms with Crippen LogP contribution in [0.5, 0.6) is 5.75 Å². The van der Waals surface area contributed by atoms with Crippen molar-refractivity contribution in [1.29, 1.82) is 0 Å². The summed E-state index contributed by atoms with van der Waals surface area (Å²) in [5, 5.41) is 15.4. The first-order chi connectivity index (χ1) is 11.9. The Morgan fingerprint density at radius 2 is 2.08 bits per heavy atom. The number of H-pyrrole nitrogens is 1. The lowest BCUT2D eigenvalue weighted by Gasteiger charge is -2.11. The number of ether oxygens (including phenoxy) is 1. The Bertz CT molecular complexity index is 853. The van der Waals surface area contributed by atoms with Crippen molar-refractivity contribution in [3.05, 3.63) is 29.0 Å². The molecule has 132 valence electrons. The molecule has 6 N–H and O–H groups in total. The summed E-state index contributed by atoms with van der Waals surface area (Å²) in [5.41, 5.74) is 5.67. The number of hydrazine groups is 1. The Morgan fingerprint density at radius 1 is 1.32 bits per heavy atom. The second-order valence-corrected chi connectivity index (χ2v) is 5.15. The molecule has 0 saturated heterocycles. The minimum atomic E-state index is -0.677. The highest BCUT2D eigenvalue weighted by Crippen LogP contribution is 2.28. The molecule has 2 aromatic rings. The zero-order valence-corrected chi connectivity index (χ0v) is 14.2. The molecular weight excluding hydrogens is 348 g/mol. The number of phenols is 1. The average molecular weight is 364 g/mol. The molecule has 0 bridgehead atoms. The van der Waals surface area contributed by atoms with E-state index in [-0.39, 0.29) is 16.4 Å². The number of amides is 2. The molecule has 25 heavy (non-hydrogen) atoms. The second-order valence-electron chi connectivity index (χ2n) is 4.76. The third kappa shape index (κ3) is 5.35. The highest BCUT2D eigenvalue weighted by Gasteiger charge is 2.06. The maximum Gasteiger partial charge on any atom is 0.425 e. The second kappa shape index (κ2) is 7.97. The van der Waals surface area contributed by atoms with Gasteiger partial charge in [0.05, 0.1) is 12.8 Å². The molecule has 0 aliphatic rings. The van der Waals surface area contributed by atoms with Gasteiger partial charge < -0.3 is 25.5 Å². The Morgan fingerprint density at radius 3 is 2.72 bits per heavy atom. The monoisotopic (exact) mass is 364 g/mol. The molecule has 0 unspecified atom stereocenters. The minimum Gasteiger partial charge on any atom is -0.506 e. The number of benzene rings is 1. The molecule has 0 radical (unpaired) electrons. The lowest BCUT2D eigenvalue weighted by Crippen LogP contribution is -2.29. The standard InChI is InChI=1S/C14H16N6O4S/c1-7(21)15-9-4-3-8(5-10(9)22)16-11-6-12(18-13(25)17-11)19-20-14(23)24-2/h3-6,22H,1-2H3,(H,15,21)(H,20,23)(H3,16,17,18,19,25). The molecular formula is C14H16N6O4S. The number of nitrogens with zero attached hydrogens (tertiary/aromatic N) is 1. The molecule has 0 atom stereocenters. The number of phenolic OH excluding ortho intramolecular Hbond substituents is 1. The Kier molecular flexibility index (Phi) is 5.74. The summed E-state index contributed by atoms with van der Waals surface area (Å²) in [7, 11) is 1.23. The van der Waals surface area contributed by atoms with Crippen LogP contribution in [0.2, 0.25) is 0 Å². The predicted octanol–water partition coefficient (Wildman–Crippen LogP) is 2.23. The zero-order chi connectivity index (χ0) is 18.4. The number of hydrogen-bond donors (Lipinski definition) is 6. The summed E-state index contributed by atoms with van der Waals surface area (Å²) < 4.78 is 4.60. The molecule has 0 spiro atoms. The topological polar surface area (TPSA) is 140 Å². The molecule has 2 amide bonds. The molecule has 0 fully saturated rings. The molecule has 1 aromatic carbocycles. The minimum absolute atomic E-state index is 0.105. The highest BCUT2D eigenvalue weighted by atomic mass is 32.1. The van der Waals surface area contributed by atoms with Crippen molar-refractivity contribution in [2.75, 3.05) is 23.2 Å². The number of hydrogen-bond acceptors (Lipinski definition) is 8. The van der Waals surface area contributed by atoms with Gasteiger partial charge in [0, 0.05) is 24.7 Å². The summed E-state index contributed by atoms with van der Waals surface area (Å²) >= 11 is 5.02. The summed E-state index contributed by atoms with van der Waals surface area (Å²) in [6.45, 7) is 1.35. The first-order valence-electron chi connectivity index (χ1n) is 6.96. The van der Waals surface area contributed by atoms with Crippen LogP contribution in [0.4, 0.5) is 27.8 Å². The Balaban J connectivity index is 2.15. The van der Waals surface area contributed by atoms with E-state index in [1.54, 1.807) is 18.2 Å². The predicted molar refractivity (Wildman–Crippen MR) is 94.3 cm³/mol. The van der Waals surface area contributed by atoms with Crippen LogP contribution in [-0.4, -0.2) is 34.2 Å². The van der Waals surface area contributed by atoms with Crippen LogP contribution >= 0.6 is 12.2 Å². The van der Waals surface area contributed by atoms with Gasteiger partial charge in [0.2, 0.25) is 5.91 Å². The van der Waals surface area contributed by atoms with Gasteiger partial charge >= 0.3 is 6.09 Å². The van der Waals surface area contributed by atoms with Crippen molar-refractivity contribution in [2.45, 2.75) is 6.92 Å². The van der Waals surface area contributed by atoms with Crippen LogP contribution in [0, 0.1) is 4.77 Å². The molecule has 1 heterocycles. The van der Waals surface area contributed by atoms with Gasteiger partial charge in [0.25, 0.3) is 0 Å². The van der Waals surface area contributed by atoms with Gasteiger partial charge in [-0.25, -0.2) is 15.2 Å². The first kappa shape index (κ1) is 18.0. The SMILES string of the molecule is COC(=O)NNc1cc(Nc2ccc(NC(C)=O)c(O)c2)nc(=S)[nH]1. The number of rotatable bonds is 5. The molecule has 11 heteroatoms. The summed E-state index contributed by atoms with van der Waals surface area (Å²) in [6, 6.07) is 6.16. The Labute approximate surface area is 147 Å². The lowest BCUT2D eigenvalue weighted by atomic mass is 10.2. The number of aromatic hydroxyl groups is 1. The van der Waals surface area contributed by atoms with Gasteiger partial charge in [-0.1, -0.05) is 0 Å². The summed E-state index contributed by atoms with van der Waals surface area (Å²) in [6.07, 6.45) is -0.677. The number of carbonyl (C=O) groups is 2. The molecule has 10 nitrogen and oxygen atoms in total. The van der Waals surface area contributed by atoms with Crippen LogP contribution < -0.4 is 21.5 Å². The fourth-order valence-corrected chi connectivity index (χ4v) is 2.02. The van der Waals surface area contributed by atoms with Crippen molar-refractivity contribution >= 4 is 47.2 Å². The van der Waals surface area contributed by atoms with E-state index in [0.717, 1.165) is 0 Å². The van der Waals surface area contributed by atoms with Crippen molar-refractivity contribution in [1.82, 2.24) is 15.4 Å². The molecule has 0 aliphatic carbocycles. The molecule has 2 rings (SSSR count). The van der Waals surface area contributed by atoms with E-state index in [2.05, 4.69) is 36.2 Å². The van der Waals surface area contributed by atoms with Gasteiger partial charge in [-0.3, -0.25) is 10.2 Å². The van der Waals surface area contributed by atoms with E-state index in [9.17, 15) is 14.7 Å². The normalized spacial score (nSPS) is 9.84. The number of aromatic nitrogens is 2. The van der Waals surface area contributed by atoms with Crippen LogP contribution in [0.25, 0.3) is 0 Å². The van der Waals surface area contributed by atoms with E-state index >= 15 is 0 Å². The molecule has 1 aromatic heterocycles. The average Bonchev–Trinajstić information content (AvgIpc) is 2.54. The first-order valence-corrected chi connectivity index (χ1v) is 7.37. The third-order valence-electron chi connectivity index (χ3n) is 2.81. The van der Waals surface area contributed by atoms with Crippen LogP contribution in [-0.2, 0) is 9.53 Å². The van der Waals surface area contributed by atoms with Gasteiger partial charge in [-0.2, -0.15) is 0 Å². The molecule has 0 saturated carbocycles.